The molecule has 2 aromatic rings. The van der Waals surface area contributed by atoms with Crippen LogP contribution in [0.1, 0.15) is 48.3 Å². The third-order valence-corrected chi connectivity index (χ3v) is 5.48. The number of hydrogen-bond acceptors (Lipinski definition) is 3. The fraction of sp³-hybridized carbons (Fsp3) is 0.450. The number of carbonyl (C=O) groups is 1. The first kappa shape index (κ1) is 20.0. The Balaban J connectivity index is 1.46. The van der Waals surface area contributed by atoms with Crippen LogP contribution in [-0.4, -0.2) is 35.0 Å². The fourth-order valence-corrected chi connectivity index (χ4v) is 4.00. The number of rotatable bonds is 7. The number of aryl methyl sites for hydroxylation is 1. The molecule has 0 saturated carbocycles. The minimum atomic E-state index is -0.207. The van der Waals surface area contributed by atoms with E-state index < -0.39 is 0 Å². The molecule has 3 rings (SSSR count). The van der Waals surface area contributed by atoms with Gasteiger partial charge in [0.05, 0.1) is 0 Å². The number of hydrogen-bond donors (Lipinski definition) is 2. The predicted molar refractivity (Wildman–Crippen MR) is 108 cm³/mol. The van der Waals surface area contributed by atoms with Gasteiger partial charge in [0.25, 0.3) is 5.91 Å². The summed E-state index contributed by atoms with van der Waals surface area (Å²) in [6.45, 7) is 3.49. The van der Waals surface area contributed by atoms with Gasteiger partial charge >= 0.3 is 0 Å². The minimum absolute atomic E-state index is 0.0395. The van der Waals surface area contributed by atoms with Gasteiger partial charge in [-0.15, -0.1) is 0 Å². The Hall–Kier alpha value is -1.70. The van der Waals surface area contributed by atoms with Crippen molar-refractivity contribution in [1.29, 1.82) is 0 Å². The molecule has 1 aliphatic rings. The van der Waals surface area contributed by atoms with Crippen LogP contribution in [0.2, 0.25) is 0 Å². The Labute approximate surface area is 168 Å². The smallest absolute Gasteiger partial charge is 0.270 e. The first-order chi connectivity index (χ1) is 13.0. The monoisotopic (exact) mass is 436 g/mol. The van der Waals surface area contributed by atoms with Crippen molar-refractivity contribution in [3.05, 3.63) is 58.1 Å². The van der Waals surface area contributed by atoms with Crippen LogP contribution in [0.15, 0.2) is 41.0 Å². The molecule has 2 atom stereocenters. The van der Waals surface area contributed by atoms with Crippen molar-refractivity contribution in [2.24, 2.45) is 0 Å². The molecule has 1 saturated heterocycles. The highest BCUT2D eigenvalue weighted by Gasteiger charge is 2.25. The zero-order valence-electron chi connectivity index (χ0n) is 15.7. The molecule has 7 heteroatoms. The van der Waals surface area contributed by atoms with Crippen molar-refractivity contribution in [3.8, 4) is 0 Å². The molecule has 146 valence electrons. The number of aromatic nitrogens is 1. The second kappa shape index (κ2) is 8.99. The van der Waals surface area contributed by atoms with Gasteiger partial charge in [-0.2, -0.15) is 0 Å². The maximum atomic E-state index is 13.4. The number of nitrogens with one attached hydrogen (secondary N) is 2. The van der Waals surface area contributed by atoms with Crippen molar-refractivity contribution in [3.63, 3.8) is 0 Å². The summed E-state index contributed by atoms with van der Waals surface area (Å²) in [7, 11) is 1.85. The van der Waals surface area contributed by atoms with E-state index >= 15 is 0 Å². The number of carbonyl (C=O) groups excluding carboxylic acids is 1. The van der Waals surface area contributed by atoms with E-state index in [9.17, 15) is 9.18 Å². The van der Waals surface area contributed by atoms with Gasteiger partial charge in [-0.1, -0.05) is 12.1 Å². The molecule has 5 nitrogen and oxygen atoms in total. The second-order valence-corrected chi connectivity index (χ2v) is 7.94. The van der Waals surface area contributed by atoms with Crippen LogP contribution in [-0.2, 0) is 6.54 Å². The van der Waals surface area contributed by atoms with Crippen LogP contribution in [0, 0.1) is 5.82 Å². The van der Waals surface area contributed by atoms with Gasteiger partial charge in [0.15, 0.2) is 0 Å². The number of hydrazine groups is 1. The minimum Gasteiger partial charge on any atom is -0.343 e. The molecule has 27 heavy (non-hydrogen) atoms. The number of nitrogens with zero attached hydrogens (tertiary/aromatic N) is 2. The zero-order chi connectivity index (χ0) is 19.4. The predicted octanol–water partition coefficient (Wildman–Crippen LogP) is 3.87. The van der Waals surface area contributed by atoms with Gasteiger partial charge < -0.3 is 9.47 Å². The van der Waals surface area contributed by atoms with Crippen LogP contribution >= 0.6 is 15.9 Å². The lowest BCUT2D eigenvalue weighted by molar-refractivity contribution is 0.0781. The summed E-state index contributed by atoms with van der Waals surface area (Å²) in [6.07, 6.45) is 4.70. The van der Waals surface area contributed by atoms with Gasteiger partial charge in [0.2, 0.25) is 0 Å². The molecule has 0 aliphatic carbocycles. The molecule has 1 aromatic heterocycles. The van der Waals surface area contributed by atoms with Crippen molar-refractivity contribution in [2.45, 2.75) is 44.8 Å². The van der Waals surface area contributed by atoms with Crippen LogP contribution in [0.5, 0.6) is 0 Å². The van der Waals surface area contributed by atoms with Crippen molar-refractivity contribution >= 4 is 21.8 Å². The number of halogens is 2. The third-order valence-electron chi connectivity index (χ3n) is 5.05. The Morgan fingerprint density at radius 2 is 2.19 bits per heavy atom. The van der Waals surface area contributed by atoms with Gasteiger partial charge in [-0.05, 0) is 65.9 Å². The molecule has 2 heterocycles. The maximum absolute atomic E-state index is 13.4. The van der Waals surface area contributed by atoms with Crippen LogP contribution in [0.3, 0.4) is 0 Å². The van der Waals surface area contributed by atoms with E-state index in [1.165, 1.54) is 6.07 Å². The Kier molecular flexibility index (Phi) is 6.68. The molecule has 1 aromatic carbocycles. The second-order valence-electron chi connectivity index (χ2n) is 7.03. The molecule has 1 fully saturated rings. The first-order valence-corrected chi connectivity index (χ1v) is 10.1. The first-order valence-electron chi connectivity index (χ1n) is 9.35. The molecule has 2 N–H and O–H groups in total. The fourth-order valence-electron chi connectivity index (χ4n) is 3.54. The molecule has 1 amide bonds. The van der Waals surface area contributed by atoms with E-state index in [0.717, 1.165) is 35.8 Å². The molecule has 0 spiro atoms. The third kappa shape index (κ3) is 4.97. The largest absolute Gasteiger partial charge is 0.343 e. The van der Waals surface area contributed by atoms with Crippen LogP contribution in [0.4, 0.5) is 4.39 Å². The zero-order valence-corrected chi connectivity index (χ0v) is 17.3. The maximum Gasteiger partial charge on any atom is 0.270 e. The highest BCUT2D eigenvalue weighted by atomic mass is 79.9. The lowest BCUT2D eigenvalue weighted by atomic mass is 9.99. The number of benzene rings is 1. The van der Waals surface area contributed by atoms with Gasteiger partial charge in [-0.25, -0.2) is 4.39 Å². The molecule has 0 radical (unpaired) electrons. The van der Waals surface area contributed by atoms with E-state index in [-0.39, 0.29) is 17.8 Å². The molecule has 0 bridgehead atoms. The SMILES string of the molecule is CCn1cc(Br)cc1C(=O)N(C)CCCC1CC(c2cccc(F)c2)NN1. The standard InChI is InChI=1S/C20H26BrFN4O/c1-3-26-13-15(21)11-19(26)20(27)25(2)9-5-8-17-12-18(24-23-17)14-6-4-7-16(22)10-14/h4,6-7,10-11,13,17-18,23-24H,3,5,8-9,12H2,1-2H3. The van der Waals surface area contributed by atoms with E-state index in [1.807, 2.05) is 36.9 Å². The van der Waals surface area contributed by atoms with Crippen LogP contribution in [0.25, 0.3) is 0 Å². The lowest BCUT2D eigenvalue weighted by Crippen LogP contribution is -2.33. The van der Waals surface area contributed by atoms with Gasteiger partial charge in [0, 0.05) is 42.9 Å². The summed E-state index contributed by atoms with van der Waals surface area (Å²) in [5.74, 6) is -0.168. The highest BCUT2D eigenvalue weighted by Crippen LogP contribution is 2.24. The van der Waals surface area contributed by atoms with Crippen molar-refractivity contribution in [2.75, 3.05) is 13.6 Å². The lowest BCUT2D eigenvalue weighted by Gasteiger charge is -2.19. The van der Waals surface area contributed by atoms with E-state index in [0.29, 0.717) is 18.3 Å². The van der Waals surface area contributed by atoms with Crippen LogP contribution < -0.4 is 10.9 Å². The van der Waals surface area contributed by atoms with E-state index in [2.05, 4.69) is 26.8 Å². The molecule has 2 unspecified atom stereocenters. The molecule has 1 aliphatic heterocycles. The summed E-state index contributed by atoms with van der Waals surface area (Å²) in [5.41, 5.74) is 8.21. The topological polar surface area (TPSA) is 49.3 Å². The van der Waals surface area contributed by atoms with Crippen molar-refractivity contribution in [1.82, 2.24) is 20.3 Å². The summed E-state index contributed by atoms with van der Waals surface area (Å²) in [5, 5.41) is 0. The molecular weight excluding hydrogens is 411 g/mol. The Bertz CT molecular complexity index is 794. The number of amides is 1. The highest BCUT2D eigenvalue weighted by molar-refractivity contribution is 9.10. The van der Waals surface area contributed by atoms with Gasteiger partial charge in [-0.3, -0.25) is 15.6 Å². The Morgan fingerprint density at radius 1 is 1.37 bits per heavy atom. The normalized spacial score (nSPS) is 19.4. The average molecular weight is 437 g/mol. The van der Waals surface area contributed by atoms with Gasteiger partial charge in [0.1, 0.15) is 11.5 Å². The summed E-state index contributed by atoms with van der Waals surface area (Å²) < 4.78 is 16.3. The average Bonchev–Trinajstić information content (AvgIpc) is 3.27. The summed E-state index contributed by atoms with van der Waals surface area (Å²) in [6, 6.07) is 9.03. The van der Waals surface area contributed by atoms with E-state index in [1.54, 1.807) is 17.0 Å². The Morgan fingerprint density at radius 3 is 2.93 bits per heavy atom. The molecular formula is C20H26BrFN4O. The summed E-state index contributed by atoms with van der Waals surface area (Å²) >= 11 is 3.44. The quantitative estimate of drug-likeness (QED) is 0.692. The summed E-state index contributed by atoms with van der Waals surface area (Å²) in [4.78, 5) is 14.4. The van der Waals surface area contributed by atoms with Crippen molar-refractivity contribution < 1.29 is 9.18 Å². The van der Waals surface area contributed by atoms with E-state index in [4.69, 9.17) is 0 Å².